The van der Waals surface area contributed by atoms with Crippen LogP contribution < -0.4 is 5.56 Å². The highest BCUT2D eigenvalue weighted by Crippen LogP contribution is 2.25. The summed E-state index contributed by atoms with van der Waals surface area (Å²) in [6.07, 6.45) is 0. The zero-order valence-corrected chi connectivity index (χ0v) is 18.1. The highest BCUT2D eigenvalue weighted by Gasteiger charge is 2.34. The van der Waals surface area contributed by atoms with Crippen LogP contribution >= 0.6 is 11.8 Å². The first-order chi connectivity index (χ1) is 15.5. The third kappa shape index (κ3) is 3.40. The molecule has 158 valence electrons. The standard InChI is InChI=1S/C25H19N3O3S/c1-16-10-12-17(13-11-16)28-24(31)20-8-4-5-9-21(20)26-25(28)32-15-14-27-22(29)18-6-2-3-7-19(18)23(27)30/h2-13H,14-15H2,1H3. The Kier molecular flexibility index (Phi) is 5.11. The van der Waals surface area contributed by atoms with Crippen molar-refractivity contribution in [3.05, 3.63) is 99.8 Å². The molecule has 0 bridgehead atoms. The van der Waals surface area contributed by atoms with Gasteiger partial charge in [-0.25, -0.2) is 4.98 Å². The van der Waals surface area contributed by atoms with Gasteiger partial charge in [0.15, 0.2) is 5.16 Å². The second-order valence-corrected chi connectivity index (χ2v) is 8.61. The van der Waals surface area contributed by atoms with Crippen LogP contribution in [0.2, 0.25) is 0 Å². The van der Waals surface area contributed by atoms with Gasteiger partial charge in [-0.15, -0.1) is 0 Å². The molecule has 0 saturated heterocycles. The molecule has 5 rings (SSSR count). The second-order valence-electron chi connectivity index (χ2n) is 7.54. The van der Waals surface area contributed by atoms with Crippen molar-refractivity contribution in [3.8, 4) is 5.69 Å². The van der Waals surface area contributed by atoms with Gasteiger partial charge >= 0.3 is 0 Å². The summed E-state index contributed by atoms with van der Waals surface area (Å²) in [6.45, 7) is 2.22. The number of imide groups is 1. The normalized spacial score (nSPS) is 13.1. The van der Waals surface area contributed by atoms with E-state index in [1.807, 2.05) is 49.4 Å². The Bertz CT molecular complexity index is 1390. The molecule has 7 heteroatoms. The van der Waals surface area contributed by atoms with E-state index in [0.717, 1.165) is 11.3 Å². The topological polar surface area (TPSA) is 72.3 Å². The van der Waals surface area contributed by atoms with Crippen molar-refractivity contribution in [1.29, 1.82) is 0 Å². The average Bonchev–Trinajstić information content (AvgIpc) is 3.05. The molecule has 1 aliphatic rings. The molecule has 0 N–H and O–H groups in total. The number of hydrogen-bond acceptors (Lipinski definition) is 5. The maximum absolute atomic E-state index is 13.3. The highest BCUT2D eigenvalue weighted by atomic mass is 32.2. The van der Waals surface area contributed by atoms with Crippen molar-refractivity contribution in [2.24, 2.45) is 0 Å². The Labute approximate surface area is 188 Å². The molecule has 32 heavy (non-hydrogen) atoms. The number of fused-ring (bicyclic) bond motifs is 2. The van der Waals surface area contributed by atoms with Crippen LogP contribution in [0.15, 0.2) is 82.7 Å². The van der Waals surface area contributed by atoms with E-state index in [0.29, 0.717) is 32.9 Å². The molecule has 2 heterocycles. The lowest BCUT2D eigenvalue weighted by atomic mass is 10.1. The molecular weight excluding hydrogens is 422 g/mol. The van der Waals surface area contributed by atoms with E-state index in [2.05, 4.69) is 0 Å². The molecule has 0 unspecified atom stereocenters. The van der Waals surface area contributed by atoms with E-state index < -0.39 is 0 Å². The predicted molar refractivity (Wildman–Crippen MR) is 125 cm³/mol. The molecule has 1 aliphatic heterocycles. The van der Waals surface area contributed by atoms with Gasteiger partial charge in [0.05, 0.1) is 27.7 Å². The molecule has 0 spiro atoms. The summed E-state index contributed by atoms with van der Waals surface area (Å²) in [4.78, 5) is 44.5. The number of thioether (sulfide) groups is 1. The predicted octanol–water partition coefficient (Wildman–Crippen LogP) is 4.08. The number of hydrogen-bond donors (Lipinski definition) is 0. The monoisotopic (exact) mass is 441 g/mol. The first-order valence-corrected chi connectivity index (χ1v) is 11.2. The molecular formula is C25H19N3O3S. The number of amides is 2. The van der Waals surface area contributed by atoms with Crippen LogP contribution in [0.25, 0.3) is 16.6 Å². The summed E-state index contributed by atoms with van der Waals surface area (Å²) in [5.74, 6) is -0.149. The second kappa shape index (κ2) is 8.09. The highest BCUT2D eigenvalue weighted by molar-refractivity contribution is 7.99. The van der Waals surface area contributed by atoms with Gasteiger partial charge in [-0.2, -0.15) is 0 Å². The maximum Gasteiger partial charge on any atom is 0.266 e. The number of benzene rings is 3. The molecule has 2 amide bonds. The summed E-state index contributed by atoms with van der Waals surface area (Å²) in [5.41, 5.74) is 3.15. The quantitative estimate of drug-likeness (QED) is 0.265. The third-order valence-corrected chi connectivity index (χ3v) is 6.38. The van der Waals surface area contributed by atoms with Crippen molar-refractivity contribution in [2.45, 2.75) is 12.1 Å². The van der Waals surface area contributed by atoms with E-state index in [1.54, 1.807) is 34.9 Å². The lowest BCUT2D eigenvalue weighted by Gasteiger charge is -2.16. The number of nitrogens with zero attached hydrogens (tertiary/aromatic N) is 3. The summed E-state index contributed by atoms with van der Waals surface area (Å²) in [7, 11) is 0. The van der Waals surface area contributed by atoms with Gasteiger partial charge < -0.3 is 0 Å². The Morgan fingerprint density at radius 1 is 0.812 bits per heavy atom. The fraction of sp³-hybridized carbons (Fsp3) is 0.120. The summed E-state index contributed by atoms with van der Waals surface area (Å²) < 4.78 is 1.59. The Balaban J connectivity index is 1.46. The smallest absolute Gasteiger partial charge is 0.266 e. The molecule has 3 aromatic carbocycles. The zero-order valence-electron chi connectivity index (χ0n) is 17.3. The van der Waals surface area contributed by atoms with Crippen LogP contribution in [-0.4, -0.2) is 38.6 Å². The minimum atomic E-state index is -0.284. The Morgan fingerprint density at radius 3 is 2.12 bits per heavy atom. The molecule has 1 aromatic heterocycles. The Morgan fingerprint density at radius 2 is 1.44 bits per heavy atom. The van der Waals surface area contributed by atoms with Crippen molar-refractivity contribution in [1.82, 2.24) is 14.5 Å². The van der Waals surface area contributed by atoms with Crippen molar-refractivity contribution in [2.75, 3.05) is 12.3 Å². The number of rotatable bonds is 5. The minimum absolute atomic E-state index is 0.150. The minimum Gasteiger partial charge on any atom is -0.273 e. The molecule has 0 saturated carbocycles. The van der Waals surface area contributed by atoms with Gasteiger partial charge in [-0.1, -0.05) is 53.7 Å². The van der Waals surface area contributed by atoms with E-state index >= 15 is 0 Å². The molecule has 0 radical (unpaired) electrons. The summed E-state index contributed by atoms with van der Waals surface area (Å²) >= 11 is 1.35. The van der Waals surface area contributed by atoms with Crippen LogP contribution in [0, 0.1) is 6.92 Å². The van der Waals surface area contributed by atoms with Crippen molar-refractivity contribution in [3.63, 3.8) is 0 Å². The number of para-hydroxylation sites is 1. The first-order valence-electron chi connectivity index (χ1n) is 10.2. The van der Waals surface area contributed by atoms with Crippen LogP contribution in [0.3, 0.4) is 0 Å². The van der Waals surface area contributed by atoms with Gasteiger partial charge in [0.2, 0.25) is 0 Å². The summed E-state index contributed by atoms with van der Waals surface area (Å²) in [6, 6.07) is 21.8. The van der Waals surface area contributed by atoms with Crippen LogP contribution in [-0.2, 0) is 0 Å². The van der Waals surface area contributed by atoms with Crippen LogP contribution in [0.5, 0.6) is 0 Å². The van der Waals surface area contributed by atoms with E-state index in [4.69, 9.17) is 4.98 Å². The Hall–Kier alpha value is -3.71. The number of aromatic nitrogens is 2. The number of carbonyl (C=O) groups excluding carboxylic acids is 2. The van der Waals surface area contributed by atoms with Gasteiger partial charge in [0.25, 0.3) is 17.4 Å². The lowest BCUT2D eigenvalue weighted by molar-refractivity contribution is 0.0664. The van der Waals surface area contributed by atoms with Gasteiger partial charge in [0, 0.05) is 12.3 Å². The molecule has 0 aliphatic carbocycles. The largest absolute Gasteiger partial charge is 0.273 e. The molecule has 6 nitrogen and oxygen atoms in total. The van der Waals surface area contributed by atoms with Crippen molar-refractivity contribution >= 4 is 34.5 Å². The SMILES string of the molecule is Cc1ccc(-n2c(SCCN3C(=O)c4ccccc4C3=O)nc3ccccc3c2=O)cc1. The van der Waals surface area contributed by atoms with Gasteiger partial charge in [0.1, 0.15) is 0 Å². The fourth-order valence-electron chi connectivity index (χ4n) is 3.80. The molecule has 4 aromatic rings. The zero-order chi connectivity index (χ0) is 22.2. The van der Waals surface area contributed by atoms with Gasteiger partial charge in [-0.3, -0.25) is 23.9 Å². The van der Waals surface area contributed by atoms with E-state index in [9.17, 15) is 14.4 Å². The number of aryl methyl sites for hydroxylation is 1. The fourth-order valence-corrected chi connectivity index (χ4v) is 4.74. The first kappa shape index (κ1) is 20.2. The third-order valence-electron chi connectivity index (χ3n) is 5.46. The number of carbonyl (C=O) groups is 2. The molecule has 0 fully saturated rings. The van der Waals surface area contributed by atoms with Crippen molar-refractivity contribution < 1.29 is 9.59 Å². The average molecular weight is 442 g/mol. The van der Waals surface area contributed by atoms with E-state index in [-0.39, 0.29) is 23.9 Å². The molecule has 0 atom stereocenters. The maximum atomic E-state index is 13.3. The van der Waals surface area contributed by atoms with E-state index in [1.165, 1.54) is 16.7 Å². The summed E-state index contributed by atoms with van der Waals surface area (Å²) in [5, 5.41) is 1.06. The van der Waals surface area contributed by atoms with Gasteiger partial charge in [-0.05, 0) is 43.3 Å². The van der Waals surface area contributed by atoms with Crippen LogP contribution in [0.4, 0.5) is 0 Å². The van der Waals surface area contributed by atoms with Crippen LogP contribution in [0.1, 0.15) is 26.3 Å². The lowest BCUT2D eigenvalue weighted by Crippen LogP contribution is -2.32.